The van der Waals surface area contributed by atoms with Crippen molar-refractivity contribution < 1.29 is 19.1 Å². The molecule has 2 fully saturated rings. The number of Topliss-reactive ketones (excluding diaryl/α,β-unsaturated/α-hetero) is 1. The summed E-state index contributed by atoms with van der Waals surface area (Å²) in [6, 6.07) is 12.0. The number of rotatable bonds is 5. The molecule has 0 unspecified atom stereocenters. The van der Waals surface area contributed by atoms with Crippen molar-refractivity contribution in [3.8, 4) is 5.75 Å². The van der Waals surface area contributed by atoms with Crippen LogP contribution in [0.4, 0.5) is 5.69 Å². The van der Waals surface area contributed by atoms with Crippen molar-refractivity contribution in [1.82, 2.24) is 0 Å². The molecule has 2 amide bonds. The summed E-state index contributed by atoms with van der Waals surface area (Å²) < 4.78 is 5.77. The average molecular weight is 422 g/mol. The maximum atomic E-state index is 13.1. The predicted octanol–water partition coefficient (Wildman–Crippen LogP) is 4.22. The molecule has 0 spiro atoms. The zero-order valence-corrected chi connectivity index (χ0v) is 17.1. The number of ether oxygens (including phenoxy) is 1. The van der Waals surface area contributed by atoms with Gasteiger partial charge in [-0.15, -0.1) is 0 Å². The van der Waals surface area contributed by atoms with E-state index in [1.165, 1.54) is 4.90 Å². The fraction of sp³-hybridized carbons (Fsp3) is 0.292. The Morgan fingerprint density at radius 1 is 1.03 bits per heavy atom. The van der Waals surface area contributed by atoms with Crippen molar-refractivity contribution in [1.29, 1.82) is 0 Å². The molecular formula is C24H20ClNO4. The van der Waals surface area contributed by atoms with Crippen LogP contribution in [0.2, 0.25) is 5.02 Å². The fourth-order valence-electron chi connectivity index (χ4n) is 4.89. The fourth-order valence-corrected chi connectivity index (χ4v) is 5.06. The molecule has 2 aromatic carbocycles. The van der Waals surface area contributed by atoms with E-state index in [0.29, 0.717) is 22.0 Å². The summed E-state index contributed by atoms with van der Waals surface area (Å²) in [6.45, 7) is 1.75. The topological polar surface area (TPSA) is 63.7 Å². The second-order valence-corrected chi connectivity index (χ2v) is 8.64. The third-order valence-electron chi connectivity index (χ3n) is 6.36. The van der Waals surface area contributed by atoms with E-state index >= 15 is 0 Å². The van der Waals surface area contributed by atoms with Gasteiger partial charge in [-0.05, 0) is 43.4 Å². The van der Waals surface area contributed by atoms with Crippen molar-refractivity contribution in [2.24, 2.45) is 23.7 Å². The van der Waals surface area contributed by atoms with Crippen LogP contribution >= 0.6 is 11.6 Å². The van der Waals surface area contributed by atoms with Crippen molar-refractivity contribution in [2.45, 2.75) is 13.3 Å². The number of amides is 2. The van der Waals surface area contributed by atoms with Gasteiger partial charge in [-0.3, -0.25) is 14.4 Å². The van der Waals surface area contributed by atoms with E-state index in [1.54, 1.807) is 30.3 Å². The van der Waals surface area contributed by atoms with E-state index in [0.717, 1.165) is 12.0 Å². The number of aryl methyl sites for hydroxylation is 1. The summed E-state index contributed by atoms with van der Waals surface area (Å²) in [5, 5.41) is 0.390. The van der Waals surface area contributed by atoms with Crippen molar-refractivity contribution in [2.75, 3.05) is 11.5 Å². The average Bonchev–Trinajstić information content (AvgIpc) is 3.41. The van der Waals surface area contributed by atoms with Crippen molar-refractivity contribution in [3.05, 3.63) is 70.8 Å². The Bertz CT molecular complexity index is 1060. The molecule has 2 aromatic rings. The molecule has 5 nitrogen and oxygen atoms in total. The Labute approximate surface area is 179 Å². The lowest BCUT2D eigenvalue weighted by Gasteiger charge is -2.21. The van der Waals surface area contributed by atoms with Gasteiger partial charge in [0, 0.05) is 10.6 Å². The quantitative estimate of drug-likeness (QED) is 0.412. The number of ketones is 1. The minimum absolute atomic E-state index is 0.119. The van der Waals surface area contributed by atoms with Gasteiger partial charge < -0.3 is 4.74 Å². The number of hydrogen-bond acceptors (Lipinski definition) is 4. The van der Waals surface area contributed by atoms with Gasteiger partial charge in [0.2, 0.25) is 11.8 Å². The standard InChI is InChI=1S/C24H20ClNO4/c1-13-2-4-14(5-3-13)19(27)12-30-20-9-8-17(25)11-18(20)26-23(28)21-15-6-7-16(10-15)22(21)24(26)29/h2-9,11,15-16,21-22H,10,12H2,1H3/t15-,16-,21-,22-/m0/s1. The Morgan fingerprint density at radius 2 is 1.67 bits per heavy atom. The van der Waals surface area contributed by atoms with E-state index in [-0.39, 0.29) is 47.9 Å². The Hall–Kier alpha value is -2.92. The molecular weight excluding hydrogens is 402 g/mol. The molecule has 2 bridgehead atoms. The molecule has 3 aliphatic rings. The second kappa shape index (κ2) is 7.10. The van der Waals surface area contributed by atoms with Crippen LogP contribution < -0.4 is 9.64 Å². The number of hydrogen-bond donors (Lipinski definition) is 0. The van der Waals surface area contributed by atoms with Crippen molar-refractivity contribution in [3.63, 3.8) is 0 Å². The molecule has 1 aliphatic heterocycles. The van der Waals surface area contributed by atoms with E-state index in [2.05, 4.69) is 12.2 Å². The first-order valence-corrected chi connectivity index (χ1v) is 10.4. The van der Waals surface area contributed by atoms with Crippen LogP contribution in [0.15, 0.2) is 54.6 Å². The first-order chi connectivity index (χ1) is 14.4. The maximum absolute atomic E-state index is 13.1. The van der Waals surface area contributed by atoms with Gasteiger partial charge in [-0.2, -0.15) is 0 Å². The van der Waals surface area contributed by atoms with Crippen LogP contribution in [-0.2, 0) is 9.59 Å². The zero-order chi connectivity index (χ0) is 21.0. The number of fused-ring (bicyclic) bond motifs is 5. The maximum Gasteiger partial charge on any atom is 0.238 e. The molecule has 1 heterocycles. The highest BCUT2D eigenvalue weighted by Gasteiger charge is 2.59. The minimum atomic E-state index is -0.312. The smallest absolute Gasteiger partial charge is 0.238 e. The Balaban J connectivity index is 1.41. The van der Waals surface area contributed by atoms with Gasteiger partial charge in [-0.1, -0.05) is 53.6 Å². The largest absolute Gasteiger partial charge is 0.483 e. The molecule has 0 radical (unpaired) electrons. The number of carbonyl (C=O) groups excluding carboxylic acids is 3. The third-order valence-corrected chi connectivity index (χ3v) is 6.60. The van der Waals surface area contributed by atoms with E-state index in [1.807, 2.05) is 19.1 Å². The lowest BCUT2D eigenvalue weighted by Crippen LogP contribution is -2.33. The third kappa shape index (κ3) is 2.96. The van der Waals surface area contributed by atoms with Crippen LogP contribution in [0.5, 0.6) is 5.75 Å². The molecule has 0 aromatic heterocycles. The molecule has 6 heteroatoms. The minimum Gasteiger partial charge on any atom is -0.483 e. The van der Waals surface area contributed by atoms with Gasteiger partial charge in [0.25, 0.3) is 0 Å². The number of carbonyl (C=O) groups is 3. The molecule has 2 aliphatic carbocycles. The first-order valence-electron chi connectivity index (χ1n) is 10.0. The molecule has 30 heavy (non-hydrogen) atoms. The number of anilines is 1. The number of imide groups is 1. The van der Waals surface area contributed by atoms with Crippen LogP contribution in [0, 0.1) is 30.6 Å². The Morgan fingerprint density at radius 3 is 2.30 bits per heavy atom. The summed E-state index contributed by atoms with van der Waals surface area (Å²) in [7, 11) is 0. The van der Waals surface area contributed by atoms with Gasteiger partial charge >= 0.3 is 0 Å². The molecule has 152 valence electrons. The first kappa shape index (κ1) is 19.1. The highest BCUT2D eigenvalue weighted by Crippen LogP contribution is 2.54. The van der Waals surface area contributed by atoms with Crippen molar-refractivity contribution >= 4 is 34.9 Å². The normalized spacial score (nSPS) is 26.4. The number of nitrogens with zero attached hydrogens (tertiary/aromatic N) is 1. The lowest BCUT2D eigenvalue weighted by molar-refractivity contribution is -0.123. The second-order valence-electron chi connectivity index (χ2n) is 8.20. The monoisotopic (exact) mass is 421 g/mol. The summed E-state index contributed by atoms with van der Waals surface area (Å²) in [6.07, 6.45) is 4.97. The van der Waals surface area contributed by atoms with Gasteiger partial charge in [-0.25, -0.2) is 4.90 Å². The van der Waals surface area contributed by atoms with E-state index < -0.39 is 0 Å². The lowest BCUT2D eigenvalue weighted by atomic mass is 9.85. The van der Waals surface area contributed by atoms with Crippen LogP contribution in [0.1, 0.15) is 22.3 Å². The highest BCUT2D eigenvalue weighted by molar-refractivity contribution is 6.31. The molecule has 4 atom stereocenters. The summed E-state index contributed by atoms with van der Waals surface area (Å²) in [5.41, 5.74) is 1.91. The SMILES string of the molecule is Cc1ccc(C(=O)COc2ccc(Cl)cc2N2C(=O)[C@@H]3[C@@H](C2=O)[C@H]2C=C[C@H]3C2)cc1. The summed E-state index contributed by atoms with van der Waals surface area (Å²) >= 11 is 6.17. The Kier molecular flexibility index (Phi) is 4.51. The zero-order valence-electron chi connectivity index (χ0n) is 16.4. The van der Waals surface area contributed by atoms with Gasteiger partial charge in [0.05, 0.1) is 17.5 Å². The highest BCUT2D eigenvalue weighted by atomic mass is 35.5. The number of allylic oxidation sites excluding steroid dienone is 2. The number of benzene rings is 2. The predicted molar refractivity (Wildman–Crippen MR) is 113 cm³/mol. The van der Waals surface area contributed by atoms with E-state index in [4.69, 9.17) is 16.3 Å². The summed E-state index contributed by atoms with van der Waals surface area (Å²) in [4.78, 5) is 40.0. The van der Waals surface area contributed by atoms with Crippen LogP contribution in [0.25, 0.3) is 0 Å². The summed E-state index contributed by atoms with van der Waals surface area (Å²) in [5.74, 6) is -0.697. The molecule has 0 N–H and O–H groups in total. The van der Waals surface area contributed by atoms with Gasteiger partial charge in [0.1, 0.15) is 5.75 Å². The van der Waals surface area contributed by atoms with Crippen LogP contribution in [-0.4, -0.2) is 24.2 Å². The molecule has 5 rings (SSSR count). The van der Waals surface area contributed by atoms with Crippen LogP contribution in [0.3, 0.4) is 0 Å². The molecule has 1 saturated heterocycles. The molecule has 1 saturated carbocycles. The van der Waals surface area contributed by atoms with E-state index in [9.17, 15) is 14.4 Å². The van der Waals surface area contributed by atoms with Gasteiger partial charge in [0.15, 0.2) is 12.4 Å². The number of halogens is 1.